The van der Waals surface area contributed by atoms with E-state index in [-0.39, 0.29) is 13.0 Å². The van der Waals surface area contributed by atoms with Crippen molar-refractivity contribution in [3.05, 3.63) is 65.2 Å². The summed E-state index contributed by atoms with van der Waals surface area (Å²) in [5.74, 6) is -1.10. The lowest BCUT2D eigenvalue weighted by Gasteiger charge is -2.09. The summed E-state index contributed by atoms with van der Waals surface area (Å²) in [6.07, 6.45) is 0.187. The summed E-state index contributed by atoms with van der Waals surface area (Å²) < 4.78 is 6.98. The molecule has 0 aliphatic rings. The molecule has 0 spiro atoms. The molecular formula is C23H19N5O3S. The number of aryl methyl sites for hydroxylation is 1. The van der Waals surface area contributed by atoms with Crippen LogP contribution in [0.4, 0.5) is 0 Å². The lowest BCUT2D eigenvalue weighted by Crippen LogP contribution is -2.29. The van der Waals surface area contributed by atoms with Gasteiger partial charge in [-0.05, 0) is 36.6 Å². The summed E-state index contributed by atoms with van der Waals surface area (Å²) in [5, 5.41) is 18.2. The topological polar surface area (TPSA) is 110 Å². The number of aromatic nitrogens is 3. The molecule has 160 valence electrons. The molecule has 4 aromatic rings. The molecule has 3 heterocycles. The zero-order valence-electron chi connectivity index (χ0n) is 17.2. The molecule has 3 aromatic heterocycles. The Labute approximate surface area is 188 Å². The fourth-order valence-corrected chi connectivity index (χ4v) is 3.95. The van der Waals surface area contributed by atoms with Crippen molar-refractivity contribution in [2.45, 2.75) is 13.3 Å². The number of esters is 1. The summed E-state index contributed by atoms with van der Waals surface area (Å²) in [7, 11) is 0. The lowest BCUT2D eigenvalue weighted by atomic mass is 10.1. The van der Waals surface area contributed by atoms with Crippen LogP contribution >= 0.6 is 11.3 Å². The number of hydrogen-bond donors (Lipinski definition) is 1. The summed E-state index contributed by atoms with van der Waals surface area (Å²) in [6, 6.07) is 17.0. The van der Waals surface area contributed by atoms with Gasteiger partial charge in [0.25, 0.3) is 5.91 Å². The number of amides is 1. The van der Waals surface area contributed by atoms with Gasteiger partial charge in [0.05, 0.1) is 45.4 Å². The SMILES string of the molecule is Cc1nn(-c2ccccc2)c2nc(-c3cccs3)cc(C(=O)OCC(=O)NCCC#N)c12. The van der Waals surface area contributed by atoms with Crippen LogP contribution in [0.15, 0.2) is 53.9 Å². The number of hydrogen-bond acceptors (Lipinski definition) is 7. The molecule has 0 aliphatic carbocycles. The van der Waals surface area contributed by atoms with Crippen molar-refractivity contribution < 1.29 is 14.3 Å². The molecule has 1 N–H and O–H groups in total. The molecule has 0 saturated carbocycles. The molecule has 0 saturated heterocycles. The first-order valence-corrected chi connectivity index (χ1v) is 10.8. The third-order valence-electron chi connectivity index (χ3n) is 4.70. The zero-order valence-corrected chi connectivity index (χ0v) is 18.1. The predicted octanol–water partition coefficient (Wildman–Crippen LogP) is 3.64. The maximum Gasteiger partial charge on any atom is 0.339 e. The Morgan fingerprint density at radius 3 is 2.75 bits per heavy atom. The molecule has 1 aromatic carbocycles. The van der Waals surface area contributed by atoms with Crippen molar-refractivity contribution in [3.63, 3.8) is 0 Å². The normalized spacial score (nSPS) is 10.6. The van der Waals surface area contributed by atoms with Crippen LogP contribution < -0.4 is 5.32 Å². The van der Waals surface area contributed by atoms with Crippen molar-refractivity contribution in [1.29, 1.82) is 5.26 Å². The average Bonchev–Trinajstić information content (AvgIpc) is 3.46. The average molecular weight is 446 g/mol. The third kappa shape index (κ3) is 4.36. The van der Waals surface area contributed by atoms with Gasteiger partial charge in [0, 0.05) is 6.54 Å². The quantitative estimate of drug-likeness (QED) is 0.343. The first-order valence-electron chi connectivity index (χ1n) is 9.89. The number of pyridine rings is 1. The van der Waals surface area contributed by atoms with Crippen LogP contribution in [0.25, 0.3) is 27.3 Å². The Morgan fingerprint density at radius 2 is 2.03 bits per heavy atom. The molecule has 1 amide bonds. The zero-order chi connectivity index (χ0) is 22.5. The molecule has 8 nitrogen and oxygen atoms in total. The number of fused-ring (bicyclic) bond motifs is 1. The first-order chi connectivity index (χ1) is 15.6. The standard InChI is InChI=1S/C23H19N5O3S/c1-15-21-17(23(30)31-14-20(29)25-11-6-10-24)13-18(19-9-5-12-32-19)26-22(21)28(27-15)16-7-3-2-4-8-16/h2-5,7-9,12-13H,6,11,14H2,1H3,(H,25,29). The van der Waals surface area contributed by atoms with Gasteiger partial charge in [-0.15, -0.1) is 11.3 Å². The number of carbonyl (C=O) groups is 2. The minimum atomic E-state index is -0.638. The van der Waals surface area contributed by atoms with Crippen LogP contribution in [-0.2, 0) is 9.53 Å². The second-order valence-electron chi connectivity index (χ2n) is 6.90. The number of benzene rings is 1. The summed E-state index contributed by atoms with van der Waals surface area (Å²) in [5.41, 5.74) is 2.89. The van der Waals surface area contributed by atoms with Crippen LogP contribution in [-0.4, -0.2) is 39.8 Å². The highest BCUT2D eigenvalue weighted by molar-refractivity contribution is 7.13. The molecule has 0 bridgehead atoms. The molecule has 0 aliphatic heterocycles. The van der Waals surface area contributed by atoms with E-state index in [1.807, 2.05) is 53.9 Å². The fourth-order valence-electron chi connectivity index (χ4n) is 3.27. The molecule has 0 unspecified atom stereocenters. The smallest absolute Gasteiger partial charge is 0.339 e. The Hall–Kier alpha value is -4.03. The maximum absolute atomic E-state index is 13.0. The number of thiophene rings is 1. The van der Waals surface area contributed by atoms with Crippen molar-refractivity contribution in [1.82, 2.24) is 20.1 Å². The summed E-state index contributed by atoms with van der Waals surface area (Å²) in [6.45, 7) is 1.58. The molecular weight excluding hydrogens is 426 g/mol. The summed E-state index contributed by atoms with van der Waals surface area (Å²) in [4.78, 5) is 30.6. The van der Waals surface area contributed by atoms with E-state index in [9.17, 15) is 9.59 Å². The van der Waals surface area contributed by atoms with Crippen molar-refractivity contribution in [2.24, 2.45) is 0 Å². The number of rotatable bonds is 7. The van der Waals surface area contributed by atoms with Gasteiger partial charge >= 0.3 is 5.97 Å². The number of carbonyl (C=O) groups excluding carboxylic acids is 2. The minimum absolute atomic E-state index is 0.187. The second-order valence-corrected chi connectivity index (χ2v) is 7.85. The number of para-hydroxylation sites is 1. The number of ether oxygens (including phenoxy) is 1. The Morgan fingerprint density at radius 1 is 1.22 bits per heavy atom. The predicted molar refractivity (Wildman–Crippen MR) is 120 cm³/mol. The largest absolute Gasteiger partial charge is 0.452 e. The van der Waals surface area contributed by atoms with Crippen LogP contribution in [0.2, 0.25) is 0 Å². The van der Waals surface area contributed by atoms with E-state index in [0.717, 1.165) is 10.6 Å². The van der Waals surface area contributed by atoms with Crippen LogP contribution in [0.1, 0.15) is 22.5 Å². The molecule has 32 heavy (non-hydrogen) atoms. The van der Waals surface area contributed by atoms with Gasteiger partial charge in [-0.2, -0.15) is 10.4 Å². The van der Waals surface area contributed by atoms with Gasteiger partial charge < -0.3 is 10.1 Å². The molecule has 9 heteroatoms. The van der Waals surface area contributed by atoms with Gasteiger partial charge in [0.1, 0.15) is 0 Å². The van der Waals surface area contributed by atoms with Crippen molar-refractivity contribution in [3.8, 4) is 22.3 Å². The van der Waals surface area contributed by atoms with E-state index in [0.29, 0.717) is 28.0 Å². The molecule has 0 radical (unpaired) electrons. The van der Waals surface area contributed by atoms with E-state index in [2.05, 4.69) is 10.4 Å². The van der Waals surface area contributed by atoms with E-state index in [1.165, 1.54) is 11.3 Å². The lowest BCUT2D eigenvalue weighted by molar-refractivity contribution is -0.124. The second kappa shape index (κ2) is 9.41. The highest BCUT2D eigenvalue weighted by atomic mass is 32.1. The monoisotopic (exact) mass is 445 g/mol. The van der Waals surface area contributed by atoms with Crippen LogP contribution in [0.5, 0.6) is 0 Å². The highest BCUT2D eigenvalue weighted by Gasteiger charge is 2.22. The number of nitriles is 1. The van der Waals surface area contributed by atoms with Gasteiger partial charge in [-0.1, -0.05) is 24.3 Å². The Kier molecular flexibility index (Phi) is 6.24. The van der Waals surface area contributed by atoms with Crippen LogP contribution in [0.3, 0.4) is 0 Å². The Bertz CT molecular complexity index is 1310. The molecule has 0 fully saturated rings. The highest BCUT2D eigenvalue weighted by Crippen LogP contribution is 2.31. The fraction of sp³-hybridized carbons (Fsp3) is 0.174. The third-order valence-corrected chi connectivity index (χ3v) is 5.59. The van der Waals surface area contributed by atoms with Gasteiger partial charge in [-0.3, -0.25) is 4.79 Å². The van der Waals surface area contributed by atoms with E-state index < -0.39 is 18.5 Å². The minimum Gasteiger partial charge on any atom is -0.452 e. The van der Waals surface area contributed by atoms with Gasteiger partial charge in [0.2, 0.25) is 0 Å². The summed E-state index contributed by atoms with van der Waals surface area (Å²) >= 11 is 1.51. The van der Waals surface area contributed by atoms with E-state index in [4.69, 9.17) is 15.0 Å². The number of nitrogens with zero attached hydrogens (tertiary/aromatic N) is 4. The van der Waals surface area contributed by atoms with Gasteiger partial charge in [0.15, 0.2) is 12.3 Å². The van der Waals surface area contributed by atoms with Gasteiger partial charge in [-0.25, -0.2) is 14.5 Å². The van der Waals surface area contributed by atoms with E-state index in [1.54, 1.807) is 17.7 Å². The number of nitrogens with one attached hydrogen (secondary N) is 1. The van der Waals surface area contributed by atoms with Crippen molar-refractivity contribution in [2.75, 3.05) is 13.2 Å². The maximum atomic E-state index is 13.0. The van der Waals surface area contributed by atoms with Crippen LogP contribution in [0, 0.1) is 18.3 Å². The van der Waals surface area contributed by atoms with Crippen molar-refractivity contribution >= 4 is 34.2 Å². The first kappa shape index (κ1) is 21.2. The van der Waals surface area contributed by atoms with E-state index >= 15 is 0 Å². The molecule has 4 rings (SSSR count). The Balaban J connectivity index is 1.74. The molecule has 0 atom stereocenters.